The number of rotatable bonds is 6. The number of nitrogens with two attached hydrogens (primary N) is 1. The van der Waals surface area contributed by atoms with Gasteiger partial charge in [0.25, 0.3) is 0 Å². The van der Waals surface area contributed by atoms with Gasteiger partial charge in [-0.3, -0.25) is 4.79 Å². The van der Waals surface area contributed by atoms with Crippen LogP contribution in [0.3, 0.4) is 0 Å². The SMILES string of the molecule is CC[C@@H](c1ccccc1)C(C(N)=O)(c1ccccc1)c1ccccc1. The summed E-state index contributed by atoms with van der Waals surface area (Å²) in [4.78, 5) is 13.0. The highest BCUT2D eigenvalue weighted by Gasteiger charge is 2.47. The van der Waals surface area contributed by atoms with Crippen molar-refractivity contribution in [2.75, 3.05) is 0 Å². The molecule has 0 heterocycles. The molecule has 2 heteroatoms. The average Bonchev–Trinajstić information content (AvgIpc) is 2.68. The summed E-state index contributed by atoms with van der Waals surface area (Å²) in [6, 6.07) is 30.0. The maximum Gasteiger partial charge on any atom is 0.233 e. The molecule has 2 nitrogen and oxygen atoms in total. The van der Waals surface area contributed by atoms with Crippen molar-refractivity contribution in [2.24, 2.45) is 5.73 Å². The summed E-state index contributed by atoms with van der Waals surface area (Å²) in [6.07, 6.45) is 0.802. The fourth-order valence-corrected chi connectivity index (χ4v) is 3.90. The molecule has 0 saturated heterocycles. The number of hydrogen-bond donors (Lipinski definition) is 1. The topological polar surface area (TPSA) is 43.1 Å². The van der Waals surface area contributed by atoms with E-state index < -0.39 is 5.41 Å². The van der Waals surface area contributed by atoms with Crippen LogP contribution in [0.15, 0.2) is 91.0 Å². The van der Waals surface area contributed by atoms with Gasteiger partial charge in [0.15, 0.2) is 0 Å². The Balaban J connectivity index is 2.33. The van der Waals surface area contributed by atoms with E-state index in [1.54, 1.807) is 0 Å². The first kappa shape index (κ1) is 17.0. The van der Waals surface area contributed by atoms with E-state index in [0.717, 1.165) is 23.1 Å². The standard InChI is InChI=1S/C23H23NO/c1-2-21(18-12-6-3-7-13-18)23(22(24)25,19-14-8-4-9-15-19)20-16-10-5-11-17-20/h3-17,21H,2H2,1H3,(H2,24,25)/t21-/m0/s1. The van der Waals surface area contributed by atoms with Crippen molar-refractivity contribution >= 4 is 5.91 Å². The zero-order chi connectivity index (χ0) is 17.7. The van der Waals surface area contributed by atoms with Gasteiger partial charge < -0.3 is 5.73 Å². The lowest BCUT2D eigenvalue weighted by molar-refractivity contribution is -0.123. The number of benzene rings is 3. The smallest absolute Gasteiger partial charge is 0.233 e. The lowest BCUT2D eigenvalue weighted by Gasteiger charge is -2.39. The van der Waals surface area contributed by atoms with Crippen LogP contribution in [0, 0.1) is 0 Å². The van der Waals surface area contributed by atoms with Gasteiger partial charge in [-0.15, -0.1) is 0 Å². The van der Waals surface area contributed by atoms with Gasteiger partial charge in [-0.1, -0.05) is 97.9 Å². The van der Waals surface area contributed by atoms with E-state index in [0.29, 0.717) is 0 Å². The molecule has 0 unspecified atom stereocenters. The lowest BCUT2D eigenvalue weighted by atomic mass is 9.62. The molecule has 1 amide bonds. The van der Waals surface area contributed by atoms with E-state index in [1.807, 2.05) is 78.9 Å². The first-order chi connectivity index (χ1) is 12.2. The highest BCUT2D eigenvalue weighted by molar-refractivity contribution is 5.92. The third-order valence-electron chi connectivity index (χ3n) is 4.98. The quantitative estimate of drug-likeness (QED) is 0.702. The van der Waals surface area contributed by atoms with Gasteiger partial charge in [0.05, 0.1) is 0 Å². The fraction of sp³-hybridized carbons (Fsp3) is 0.174. The molecule has 0 aliphatic carbocycles. The Bertz CT molecular complexity index is 773. The molecule has 0 aliphatic rings. The number of carbonyl (C=O) groups is 1. The van der Waals surface area contributed by atoms with Crippen LogP contribution in [0.25, 0.3) is 0 Å². The predicted molar refractivity (Wildman–Crippen MR) is 102 cm³/mol. The molecule has 0 saturated carbocycles. The molecule has 3 rings (SSSR count). The van der Waals surface area contributed by atoms with Gasteiger partial charge in [0, 0.05) is 5.92 Å². The molecule has 1 atom stereocenters. The van der Waals surface area contributed by atoms with Gasteiger partial charge in [-0.05, 0) is 23.1 Å². The molecule has 0 radical (unpaired) electrons. The van der Waals surface area contributed by atoms with Crippen molar-refractivity contribution in [3.05, 3.63) is 108 Å². The van der Waals surface area contributed by atoms with E-state index in [1.165, 1.54) is 0 Å². The van der Waals surface area contributed by atoms with E-state index >= 15 is 0 Å². The van der Waals surface area contributed by atoms with E-state index in [2.05, 4.69) is 19.1 Å². The molecule has 0 fully saturated rings. The van der Waals surface area contributed by atoms with Gasteiger partial charge in [-0.2, -0.15) is 0 Å². The maximum absolute atomic E-state index is 13.0. The molecule has 0 bridgehead atoms. The second-order valence-corrected chi connectivity index (χ2v) is 6.28. The average molecular weight is 329 g/mol. The first-order valence-corrected chi connectivity index (χ1v) is 8.67. The Kier molecular flexibility index (Phi) is 4.99. The van der Waals surface area contributed by atoms with Gasteiger partial charge in [0.1, 0.15) is 5.41 Å². The summed E-state index contributed by atoms with van der Waals surface area (Å²) in [5.74, 6) is -0.364. The van der Waals surface area contributed by atoms with Crippen molar-refractivity contribution in [3.8, 4) is 0 Å². The lowest BCUT2D eigenvalue weighted by Crippen LogP contribution is -2.47. The minimum Gasteiger partial charge on any atom is -0.369 e. The first-order valence-electron chi connectivity index (χ1n) is 8.67. The maximum atomic E-state index is 13.0. The van der Waals surface area contributed by atoms with Crippen LogP contribution in [-0.4, -0.2) is 5.91 Å². The number of carbonyl (C=O) groups excluding carboxylic acids is 1. The zero-order valence-electron chi connectivity index (χ0n) is 14.4. The van der Waals surface area contributed by atoms with E-state index in [4.69, 9.17) is 5.73 Å². The summed E-state index contributed by atoms with van der Waals surface area (Å²) in [5.41, 5.74) is 8.20. The van der Waals surface area contributed by atoms with Crippen LogP contribution < -0.4 is 5.73 Å². The molecule has 0 aromatic heterocycles. The van der Waals surface area contributed by atoms with Crippen molar-refractivity contribution in [1.82, 2.24) is 0 Å². The monoisotopic (exact) mass is 329 g/mol. The Morgan fingerprint density at radius 1 is 0.800 bits per heavy atom. The third-order valence-corrected chi connectivity index (χ3v) is 4.98. The molecule has 3 aromatic rings. The van der Waals surface area contributed by atoms with Gasteiger partial charge in [-0.25, -0.2) is 0 Å². The highest BCUT2D eigenvalue weighted by atomic mass is 16.1. The summed E-state index contributed by atoms with van der Waals surface area (Å²) in [6.45, 7) is 2.11. The minimum absolute atomic E-state index is 0.0454. The van der Waals surface area contributed by atoms with Crippen LogP contribution in [0.4, 0.5) is 0 Å². The molecular formula is C23H23NO. The van der Waals surface area contributed by atoms with Crippen LogP contribution in [-0.2, 0) is 10.2 Å². The number of primary amides is 1. The third kappa shape index (κ3) is 2.96. The second-order valence-electron chi connectivity index (χ2n) is 6.28. The van der Waals surface area contributed by atoms with Crippen molar-refractivity contribution < 1.29 is 4.79 Å². The van der Waals surface area contributed by atoms with Crippen LogP contribution in [0.1, 0.15) is 36.0 Å². The van der Waals surface area contributed by atoms with Gasteiger partial charge >= 0.3 is 0 Å². The molecule has 3 aromatic carbocycles. The molecule has 0 aliphatic heterocycles. The predicted octanol–water partition coefficient (Wildman–Crippen LogP) is 4.65. The Morgan fingerprint density at radius 3 is 1.56 bits per heavy atom. The highest BCUT2D eigenvalue weighted by Crippen LogP contribution is 2.46. The van der Waals surface area contributed by atoms with Crippen LogP contribution >= 0.6 is 0 Å². The van der Waals surface area contributed by atoms with Crippen LogP contribution in [0.2, 0.25) is 0 Å². The molecule has 0 spiro atoms. The Morgan fingerprint density at radius 2 is 1.20 bits per heavy atom. The Labute approximate surface area is 149 Å². The zero-order valence-corrected chi connectivity index (χ0v) is 14.4. The van der Waals surface area contributed by atoms with Crippen molar-refractivity contribution in [2.45, 2.75) is 24.7 Å². The molecular weight excluding hydrogens is 306 g/mol. The van der Waals surface area contributed by atoms with Crippen LogP contribution in [0.5, 0.6) is 0 Å². The molecule has 2 N–H and O–H groups in total. The minimum atomic E-state index is -0.904. The summed E-state index contributed by atoms with van der Waals surface area (Å²) in [5, 5.41) is 0. The normalized spacial score (nSPS) is 12.5. The largest absolute Gasteiger partial charge is 0.369 e. The molecule has 25 heavy (non-hydrogen) atoms. The number of hydrogen-bond acceptors (Lipinski definition) is 1. The summed E-state index contributed by atoms with van der Waals surface area (Å²) in [7, 11) is 0. The van der Waals surface area contributed by atoms with Crippen molar-refractivity contribution in [3.63, 3.8) is 0 Å². The van der Waals surface area contributed by atoms with Crippen molar-refractivity contribution in [1.29, 1.82) is 0 Å². The van der Waals surface area contributed by atoms with E-state index in [9.17, 15) is 4.79 Å². The summed E-state index contributed by atoms with van der Waals surface area (Å²) >= 11 is 0. The summed E-state index contributed by atoms with van der Waals surface area (Å²) < 4.78 is 0. The number of amides is 1. The molecule has 126 valence electrons. The Hall–Kier alpha value is -2.87. The van der Waals surface area contributed by atoms with E-state index in [-0.39, 0.29) is 11.8 Å². The second kappa shape index (κ2) is 7.35. The fourth-order valence-electron chi connectivity index (χ4n) is 3.90. The van der Waals surface area contributed by atoms with Gasteiger partial charge in [0.2, 0.25) is 5.91 Å².